The number of nitrogens with zero attached hydrogens (tertiary/aromatic N) is 2. The van der Waals surface area contributed by atoms with E-state index < -0.39 is 5.82 Å². The lowest BCUT2D eigenvalue weighted by Crippen LogP contribution is -2.25. The third-order valence-corrected chi connectivity index (χ3v) is 4.16. The van der Waals surface area contributed by atoms with E-state index in [2.05, 4.69) is 16.8 Å². The van der Waals surface area contributed by atoms with E-state index in [1.165, 1.54) is 12.1 Å². The van der Waals surface area contributed by atoms with Gasteiger partial charge in [-0.2, -0.15) is 0 Å². The van der Waals surface area contributed by atoms with Crippen molar-refractivity contribution in [1.29, 1.82) is 0 Å². The molecule has 2 rings (SSSR count). The fourth-order valence-electron chi connectivity index (χ4n) is 1.85. The summed E-state index contributed by atoms with van der Waals surface area (Å²) in [5, 5.41) is 2.97. The highest BCUT2D eigenvalue weighted by atomic mass is 32.1. The number of aromatic nitrogens is 1. The molecule has 0 N–H and O–H groups in total. The van der Waals surface area contributed by atoms with Crippen LogP contribution >= 0.6 is 11.3 Å². The Morgan fingerprint density at radius 3 is 2.84 bits per heavy atom. The average Bonchev–Trinajstić information content (AvgIpc) is 2.92. The zero-order valence-electron chi connectivity index (χ0n) is 10.9. The van der Waals surface area contributed by atoms with Crippen LogP contribution in [-0.4, -0.2) is 23.5 Å². The maximum Gasteiger partial charge on any atom is 0.126 e. The zero-order valence-corrected chi connectivity index (χ0v) is 11.8. The SMILES string of the molecule is C[C@@H](c1nccs1)N(C)CCc1cc(F)ccc1F. The van der Waals surface area contributed by atoms with Gasteiger partial charge in [-0.1, -0.05) is 0 Å². The van der Waals surface area contributed by atoms with E-state index in [9.17, 15) is 8.78 Å². The maximum absolute atomic E-state index is 13.5. The van der Waals surface area contributed by atoms with Crippen molar-refractivity contribution in [3.63, 3.8) is 0 Å². The van der Waals surface area contributed by atoms with E-state index in [0.29, 0.717) is 18.5 Å². The van der Waals surface area contributed by atoms with Gasteiger partial charge < -0.3 is 0 Å². The van der Waals surface area contributed by atoms with Crippen molar-refractivity contribution in [1.82, 2.24) is 9.88 Å². The Morgan fingerprint density at radius 1 is 1.37 bits per heavy atom. The third kappa shape index (κ3) is 3.58. The van der Waals surface area contributed by atoms with Crippen LogP contribution in [0.4, 0.5) is 8.78 Å². The van der Waals surface area contributed by atoms with Crippen LogP contribution in [-0.2, 0) is 6.42 Å². The van der Waals surface area contributed by atoms with Crippen LogP contribution in [0.2, 0.25) is 0 Å². The van der Waals surface area contributed by atoms with Gasteiger partial charge in [0.2, 0.25) is 0 Å². The van der Waals surface area contributed by atoms with E-state index >= 15 is 0 Å². The second-order valence-corrected chi connectivity index (χ2v) is 5.44. The lowest BCUT2D eigenvalue weighted by atomic mass is 10.1. The van der Waals surface area contributed by atoms with Crippen molar-refractivity contribution >= 4 is 11.3 Å². The number of thiazole rings is 1. The summed E-state index contributed by atoms with van der Waals surface area (Å²) in [7, 11) is 1.96. The largest absolute Gasteiger partial charge is 0.297 e. The minimum Gasteiger partial charge on any atom is -0.297 e. The quantitative estimate of drug-likeness (QED) is 0.832. The molecule has 0 radical (unpaired) electrons. The summed E-state index contributed by atoms with van der Waals surface area (Å²) in [6.45, 7) is 2.71. The molecule has 0 saturated carbocycles. The summed E-state index contributed by atoms with van der Waals surface area (Å²) in [6, 6.07) is 3.75. The van der Waals surface area contributed by atoms with Crippen molar-refractivity contribution in [3.05, 3.63) is 52.0 Å². The first-order valence-corrected chi connectivity index (χ1v) is 6.99. The first-order chi connectivity index (χ1) is 9.08. The van der Waals surface area contributed by atoms with Crippen LogP contribution in [0.15, 0.2) is 29.8 Å². The van der Waals surface area contributed by atoms with E-state index in [0.717, 1.165) is 11.1 Å². The second-order valence-electron chi connectivity index (χ2n) is 4.51. The van der Waals surface area contributed by atoms with Gasteiger partial charge in [-0.15, -0.1) is 11.3 Å². The molecule has 102 valence electrons. The summed E-state index contributed by atoms with van der Waals surface area (Å²) in [4.78, 5) is 6.35. The Balaban J connectivity index is 1.96. The molecule has 0 aliphatic carbocycles. The molecule has 0 unspecified atom stereocenters. The predicted molar refractivity (Wildman–Crippen MR) is 73.2 cm³/mol. The molecule has 5 heteroatoms. The standard InChI is InChI=1S/C14H16F2N2S/c1-10(14-17-6-8-19-14)18(2)7-5-11-9-12(15)3-4-13(11)16/h3-4,6,8-10H,5,7H2,1-2H3/t10-/m0/s1. The lowest BCUT2D eigenvalue weighted by Gasteiger charge is -2.22. The molecule has 0 fully saturated rings. The summed E-state index contributed by atoms with van der Waals surface area (Å²) >= 11 is 1.60. The van der Waals surface area contributed by atoms with Gasteiger partial charge in [0.25, 0.3) is 0 Å². The highest BCUT2D eigenvalue weighted by Crippen LogP contribution is 2.21. The van der Waals surface area contributed by atoms with Gasteiger partial charge in [-0.25, -0.2) is 13.8 Å². The topological polar surface area (TPSA) is 16.1 Å². The van der Waals surface area contributed by atoms with E-state index in [1.54, 1.807) is 17.5 Å². The van der Waals surface area contributed by atoms with Crippen LogP contribution in [0.3, 0.4) is 0 Å². The molecule has 1 heterocycles. The number of halogens is 2. The van der Waals surface area contributed by atoms with Crippen LogP contribution in [0.1, 0.15) is 23.5 Å². The molecule has 1 aromatic heterocycles. The highest BCUT2D eigenvalue weighted by molar-refractivity contribution is 7.09. The average molecular weight is 282 g/mol. The first-order valence-electron chi connectivity index (χ1n) is 6.11. The fraction of sp³-hybridized carbons (Fsp3) is 0.357. The summed E-state index contributed by atoms with van der Waals surface area (Å²) in [5.74, 6) is -0.747. The van der Waals surface area contributed by atoms with Gasteiger partial charge in [-0.05, 0) is 44.2 Å². The maximum atomic E-state index is 13.5. The van der Waals surface area contributed by atoms with Crippen molar-refractivity contribution < 1.29 is 8.78 Å². The molecule has 0 amide bonds. The number of likely N-dealkylation sites (N-methyl/N-ethyl adjacent to an activating group) is 1. The van der Waals surface area contributed by atoms with Gasteiger partial charge in [0, 0.05) is 18.1 Å². The Bertz CT molecular complexity index is 528. The Hall–Kier alpha value is -1.33. The third-order valence-electron chi connectivity index (χ3n) is 3.21. The molecule has 1 atom stereocenters. The molecule has 0 spiro atoms. The number of rotatable bonds is 5. The van der Waals surface area contributed by atoms with Crippen molar-refractivity contribution in [2.24, 2.45) is 0 Å². The van der Waals surface area contributed by atoms with Crippen LogP contribution in [0, 0.1) is 11.6 Å². The highest BCUT2D eigenvalue weighted by Gasteiger charge is 2.14. The van der Waals surface area contributed by atoms with Crippen LogP contribution < -0.4 is 0 Å². The van der Waals surface area contributed by atoms with Crippen LogP contribution in [0.5, 0.6) is 0 Å². The number of hydrogen-bond donors (Lipinski definition) is 0. The molecule has 0 aliphatic heterocycles. The van der Waals surface area contributed by atoms with Crippen molar-refractivity contribution in [2.45, 2.75) is 19.4 Å². The van der Waals surface area contributed by atoms with E-state index in [4.69, 9.17) is 0 Å². The number of benzene rings is 1. The molecule has 2 aromatic rings. The molecule has 0 saturated heterocycles. The first kappa shape index (κ1) is 14.1. The molecule has 0 aliphatic rings. The molecule has 2 nitrogen and oxygen atoms in total. The van der Waals surface area contributed by atoms with Crippen molar-refractivity contribution in [3.8, 4) is 0 Å². The molecule has 0 bridgehead atoms. The number of hydrogen-bond acceptors (Lipinski definition) is 3. The second kappa shape index (κ2) is 6.21. The van der Waals surface area contributed by atoms with Gasteiger partial charge >= 0.3 is 0 Å². The Labute approximate surface area is 115 Å². The Kier molecular flexibility index (Phi) is 4.61. The molecular formula is C14H16F2N2S. The monoisotopic (exact) mass is 282 g/mol. The van der Waals surface area contributed by atoms with E-state index in [1.807, 2.05) is 12.4 Å². The minimum atomic E-state index is -0.396. The molecular weight excluding hydrogens is 266 g/mol. The fourth-order valence-corrected chi connectivity index (χ4v) is 2.61. The molecule has 1 aromatic carbocycles. The normalized spacial score (nSPS) is 12.9. The van der Waals surface area contributed by atoms with Gasteiger partial charge in [-0.3, -0.25) is 4.90 Å². The zero-order chi connectivity index (χ0) is 13.8. The molecule has 19 heavy (non-hydrogen) atoms. The summed E-state index contributed by atoms with van der Waals surface area (Å²) < 4.78 is 26.6. The smallest absolute Gasteiger partial charge is 0.126 e. The predicted octanol–water partition coefficient (Wildman–Crippen LogP) is 3.66. The van der Waals surface area contributed by atoms with Gasteiger partial charge in [0.15, 0.2) is 0 Å². The van der Waals surface area contributed by atoms with Crippen LogP contribution in [0.25, 0.3) is 0 Å². The lowest BCUT2D eigenvalue weighted by molar-refractivity contribution is 0.263. The van der Waals surface area contributed by atoms with Gasteiger partial charge in [0.1, 0.15) is 16.6 Å². The summed E-state index contributed by atoms with van der Waals surface area (Å²) in [6.07, 6.45) is 2.26. The van der Waals surface area contributed by atoms with E-state index in [-0.39, 0.29) is 11.9 Å². The van der Waals surface area contributed by atoms with Crippen molar-refractivity contribution in [2.75, 3.05) is 13.6 Å². The summed E-state index contributed by atoms with van der Waals surface area (Å²) in [5.41, 5.74) is 0.415. The van der Waals surface area contributed by atoms with Gasteiger partial charge in [0.05, 0.1) is 6.04 Å². The Morgan fingerprint density at radius 2 is 2.16 bits per heavy atom. The minimum absolute atomic E-state index is 0.177.